The van der Waals surface area contributed by atoms with Gasteiger partial charge in [-0.1, -0.05) is 32.0 Å². The van der Waals surface area contributed by atoms with Crippen molar-refractivity contribution in [3.05, 3.63) is 36.5 Å². The largest absolute Gasteiger partial charge is 0.488 e. The van der Waals surface area contributed by atoms with Gasteiger partial charge in [-0.15, -0.1) is 0 Å². The second-order valence-electron chi connectivity index (χ2n) is 4.00. The van der Waals surface area contributed by atoms with Crippen molar-refractivity contribution in [1.29, 1.82) is 0 Å². The highest BCUT2D eigenvalue weighted by Crippen LogP contribution is 2.29. The molecule has 0 bridgehead atoms. The van der Waals surface area contributed by atoms with Crippen LogP contribution in [0, 0.1) is 0 Å². The summed E-state index contributed by atoms with van der Waals surface area (Å²) in [5.41, 5.74) is 0.979. The maximum absolute atomic E-state index is 5.90. The van der Waals surface area contributed by atoms with Crippen LogP contribution >= 0.6 is 0 Å². The fourth-order valence-corrected chi connectivity index (χ4v) is 1.84. The van der Waals surface area contributed by atoms with E-state index in [-0.39, 0.29) is 0 Å². The molecule has 0 spiro atoms. The van der Waals surface area contributed by atoms with Crippen LogP contribution in [-0.4, -0.2) is 11.1 Å². The predicted molar refractivity (Wildman–Crippen MR) is 71.4 cm³/mol. The zero-order chi connectivity index (χ0) is 12.1. The van der Waals surface area contributed by atoms with Gasteiger partial charge in [-0.05, 0) is 31.4 Å². The van der Waals surface area contributed by atoms with Gasteiger partial charge in [0.15, 0.2) is 0 Å². The Kier molecular flexibility index (Phi) is 3.97. The Hall–Kier alpha value is -1.57. The van der Waals surface area contributed by atoms with Gasteiger partial charge in [0.05, 0.1) is 6.10 Å². The smallest absolute Gasteiger partial charge is 0.145 e. The van der Waals surface area contributed by atoms with Crippen molar-refractivity contribution >= 4 is 10.9 Å². The van der Waals surface area contributed by atoms with E-state index in [1.54, 1.807) is 0 Å². The summed E-state index contributed by atoms with van der Waals surface area (Å²) in [4.78, 5) is 4.37. The average Bonchev–Trinajstić information content (AvgIpc) is 2.36. The molecule has 2 nitrogen and oxygen atoms in total. The number of ether oxygens (including phenoxy) is 1. The van der Waals surface area contributed by atoms with Gasteiger partial charge in [0.1, 0.15) is 11.3 Å². The normalized spacial score (nSPS) is 14.7. The topological polar surface area (TPSA) is 22.1 Å². The minimum Gasteiger partial charge on any atom is -0.488 e. The summed E-state index contributed by atoms with van der Waals surface area (Å²) in [6.45, 7) is 4.00. The molecule has 0 atom stereocenters. The molecule has 0 amide bonds. The highest BCUT2D eigenvalue weighted by Gasteiger charge is 2.19. The molecule has 1 aromatic heterocycles. The molecule has 1 saturated carbocycles. The molecule has 1 heterocycles. The quantitative estimate of drug-likeness (QED) is 0.770. The standard InChI is InChI=1S/C13H13NO.C2H6/c1-4-10-5-3-9-14-13(10)12(8-1)15-11-6-2-7-11;1-2/h1,3-5,8-9,11H,2,6-7H2;1-2H3. The molecule has 0 radical (unpaired) electrons. The van der Waals surface area contributed by atoms with Crippen molar-refractivity contribution in [2.75, 3.05) is 0 Å². The lowest BCUT2D eigenvalue weighted by Crippen LogP contribution is -2.24. The maximum atomic E-state index is 5.90. The van der Waals surface area contributed by atoms with Crippen molar-refractivity contribution in [1.82, 2.24) is 4.98 Å². The van der Waals surface area contributed by atoms with Crippen LogP contribution in [-0.2, 0) is 0 Å². The summed E-state index contributed by atoms with van der Waals surface area (Å²) in [5, 5.41) is 1.15. The van der Waals surface area contributed by atoms with Gasteiger partial charge in [0, 0.05) is 11.6 Å². The van der Waals surface area contributed by atoms with Crippen molar-refractivity contribution in [3.63, 3.8) is 0 Å². The Labute approximate surface area is 103 Å². The van der Waals surface area contributed by atoms with Crippen LogP contribution in [0.15, 0.2) is 36.5 Å². The molecule has 2 heteroatoms. The minimum absolute atomic E-state index is 0.414. The first kappa shape index (κ1) is 11.9. The van der Waals surface area contributed by atoms with E-state index >= 15 is 0 Å². The highest BCUT2D eigenvalue weighted by molar-refractivity contribution is 5.84. The van der Waals surface area contributed by atoms with Crippen molar-refractivity contribution in [3.8, 4) is 5.75 Å². The summed E-state index contributed by atoms with van der Waals surface area (Å²) in [6.07, 6.45) is 5.89. The fourth-order valence-electron chi connectivity index (χ4n) is 1.84. The maximum Gasteiger partial charge on any atom is 0.145 e. The summed E-state index contributed by atoms with van der Waals surface area (Å²) >= 11 is 0. The Morgan fingerprint density at radius 1 is 1.12 bits per heavy atom. The third kappa shape index (κ3) is 2.57. The lowest BCUT2D eigenvalue weighted by Gasteiger charge is -2.26. The molecule has 1 fully saturated rings. The van der Waals surface area contributed by atoms with Gasteiger partial charge in [0.25, 0.3) is 0 Å². The molecule has 2 aromatic rings. The molecule has 90 valence electrons. The number of para-hydroxylation sites is 1. The third-order valence-corrected chi connectivity index (χ3v) is 2.94. The molecule has 0 N–H and O–H groups in total. The zero-order valence-corrected chi connectivity index (χ0v) is 10.5. The summed E-state index contributed by atoms with van der Waals surface area (Å²) < 4.78 is 5.90. The minimum atomic E-state index is 0.414. The number of nitrogens with zero attached hydrogens (tertiary/aromatic N) is 1. The highest BCUT2D eigenvalue weighted by atomic mass is 16.5. The summed E-state index contributed by atoms with van der Waals surface area (Å²) in [6, 6.07) is 10.1. The Balaban J connectivity index is 0.000000514. The van der Waals surface area contributed by atoms with E-state index in [2.05, 4.69) is 17.1 Å². The monoisotopic (exact) mass is 229 g/mol. The lowest BCUT2D eigenvalue weighted by atomic mass is 9.96. The third-order valence-electron chi connectivity index (χ3n) is 2.94. The second-order valence-corrected chi connectivity index (χ2v) is 4.00. The number of pyridine rings is 1. The van der Waals surface area contributed by atoms with Crippen molar-refractivity contribution in [2.24, 2.45) is 0 Å². The molecular formula is C15H19NO. The van der Waals surface area contributed by atoms with E-state index in [0.717, 1.165) is 16.7 Å². The number of benzene rings is 1. The van der Waals surface area contributed by atoms with E-state index < -0.39 is 0 Å². The molecule has 0 aliphatic heterocycles. The van der Waals surface area contributed by atoms with Gasteiger partial charge < -0.3 is 4.74 Å². The average molecular weight is 229 g/mol. The summed E-state index contributed by atoms with van der Waals surface area (Å²) in [5.74, 6) is 0.929. The number of aromatic nitrogens is 1. The molecule has 0 saturated heterocycles. The molecule has 1 aliphatic carbocycles. The first-order valence-corrected chi connectivity index (χ1v) is 6.44. The molecule has 1 aliphatic rings. The number of rotatable bonds is 2. The van der Waals surface area contributed by atoms with Gasteiger partial charge in [0.2, 0.25) is 0 Å². The number of hydrogen-bond acceptors (Lipinski definition) is 2. The van der Waals surface area contributed by atoms with Crippen LogP contribution < -0.4 is 4.74 Å². The van der Waals surface area contributed by atoms with E-state index in [1.807, 2.05) is 38.2 Å². The molecule has 17 heavy (non-hydrogen) atoms. The Morgan fingerprint density at radius 3 is 2.59 bits per heavy atom. The van der Waals surface area contributed by atoms with E-state index in [4.69, 9.17) is 4.74 Å². The van der Waals surface area contributed by atoms with Crippen LogP contribution in [0.2, 0.25) is 0 Å². The van der Waals surface area contributed by atoms with Gasteiger partial charge >= 0.3 is 0 Å². The molecule has 0 unspecified atom stereocenters. The zero-order valence-electron chi connectivity index (χ0n) is 10.5. The molecule has 1 aromatic carbocycles. The molecular weight excluding hydrogens is 210 g/mol. The van der Waals surface area contributed by atoms with Gasteiger partial charge in [-0.2, -0.15) is 0 Å². The number of fused-ring (bicyclic) bond motifs is 1. The SMILES string of the molecule is CC.c1cnc2c(OC3CCC3)cccc2c1. The van der Waals surface area contributed by atoms with E-state index in [9.17, 15) is 0 Å². The van der Waals surface area contributed by atoms with E-state index in [1.165, 1.54) is 19.3 Å². The van der Waals surface area contributed by atoms with Crippen LogP contribution in [0.25, 0.3) is 10.9 Å². The van der Waals surface area contributed by atoms with E-state index in [0.29, 0.717) is 6.10 Å². The van der Waals surface area contributed by atoms with Crippen LogP contribution in [0.5, 0.6) is 5.75 Å². The first-order chi connectivity index (χ1) is 8.43. The molecule has 3 rings (SSSR count). The van der Waals surface area contributed by atoms with Crippen LogP contribution in [0.4, 0.5) is 0 Å². The van der Waals surface area contributed by atoms with Gasteiger partial charge in [-0.3, -0.25) is 4.98 Å². The Bertz CT molecular complexity index is 472. The van der Waals surface area contributed by atoms with Crippen LogP contribution in [0.1, 0.15) is 33.1 Å². The van der Waals surface area contributed by atoms with Crippen molar-refractivity contribution in [2.45, 2.75) is 39.2 Å². The second kappa shape index (κ2) is 5.67. The lowest BCUT2D eigenvalue weighted by molar-refractivity contribution is 0.122. The number of hydrogen-bond donors (Lipinski definition) is 0. The summed E-state index contributed by atoms with van der Waals surface area (Å²) in [7, 11) is 0. The van der Waals surface area contributed by atoms with Crippen LogP contribution in [0.3, 0.4) is 0 Å². The van der Waals surface area contributed by atoms with Crippen molar-refractivity contribution < 1.29 is 4.74 Å². The predicted octanol–water partition coefficient (Wildman–Crippen LogP) is 4.19. The Morgan fingerprint density at radius 2 is 1.88 bits per heavy atom. The first-order valence-electron chi connectivity index (χ1n) is 6.44. The van der Waals surface area contributed by atoms with Gasteiger partial charge in [-0.25, -0.2) is 0 Å². The fraction of sp³-hybridized carbons (Fsp3) is 0.400.